The van der Waals surface area contributed by atoms with Crippen molar-refractivity contribution in [3.05, 3.63) is 59.8 Å². The van der Waals surface area contributed by atoms with Gasteiger partial charge in [0.05, 0.1) is 13.5 Å². The highest BCUT2D eigenvalue weighted by Gasteiger charge is 2.05. The lowest BCUT2D eigenvalue weighted by molar-refractivity contribution is -0.140. The fourth-order valence-electron chi connectivity index (χ4n) is 2.28. The maximum absolute atomic E-state index is 11.9. The zero-order chi connectivity index (χ0) is 17.9. The minimum Gasteiger partial charge on any atom is -0.469 e. The molecule has 2 rings (SSSR count). The quantitative estimate of drug-likeness (QED) is 0.538. The van der Waals surface area contributed by atoms with E-state index >= 15 is 0 Å². The molecule has 25 heavy (non-hydrogen) atoms. The number of aryl methyl sites for hydroxylation is 1. The second-order valence-corrected chi connectivity index (χ2v) is 5.56. The van der Waals surface area contributed by atoms with Crippen molar-refractivity contribution in [2.45, 2.75) is 19.3 Å². The molecule has 1 aromatic carbocycles. The monoisotopic (exact) mass is 341 g/mol. The number of aromatic nitrogens is 1. The maximum atomic E-state index is 11.9. The minimum atomic E-state index is -0.220. The number of carbonyl (C=O) groups is 2. The number of hydrogen-bond donors (Lipinski definition) is 2. The molecule has 1 heterocycles. The lowest BCUT2D eigenvalue weighted by Gasteiger charge is -2.08. The second kappa shape index (κ2) is 10.1. The van der Waals surface area contributed by atoms with Gasteiger partial charge in [-0.25, -0.2) is 4.98 Å². The molecule has 6 nitrogen and oxygen atoms in total. The third kappa shape index (κ3) is 7.03. The van der Waals surface area contributed by atoms with Crippen molar-refractivity contribution < 1.29 is 14.3 Å². The Balaban J connectivity index is 1.67. The molecule has 2 aromatic rings. The van der Waals surface area contributed by atoms with Crippen molar-refractivity contribution >= 4 is 17.7 Å². The molecule has 0 saturated heterocycles. The number of ether oxygens (including phenoxy) is 1. The van der Waals surface area contributed by atoms with E-state index in [1.54, 1.807) is 6.20 Å². The Labute approximate surface area is 147 Å². The summed E-state index contributed by atoms with van der Waals surface area (Å²) in [6.45, 7) is 1.15. The predicted octanol–water partition coefficient (Wildman–Crippen LogP) is 1.96. The molecular weight excluding hydrogens is 318 g/mol. The van der Waals surface area contributed by atoms with Crippen molar-refractivity contribution in [1.29, 1.82) is 0 Å². The van der Waals surface area contributed by atoms with Gasteiger partial charge in [-0.05, 0) is 29.7 Å². The van der Waals surface area contributed by atoms with Gasteiger partial charge in [0.25, 0.3) is 0 Å². The molecule has 0 atom stereocenters. The van der Waals surface area contributed by atoms with Crippen LogP contribution in [0.5, 0.6) is 0 Å². The van der Waals surface area contributed by atoms with Gasteiger partial charge < -0.3 is 15.4 Å². The molecule has 0 fully saturated rings. The minimum absolute atomic E-state index is 0.0230. The van der Waals surface area contributed by atoms with Crippen LogP contribution in [-0.4, -0.2) is 37.1 Å². The number of nitrogens with zero attached hydrogens (tertiary/aromatic N) is 1. The fourth-order valence-corrected chi connectivity index (χ4v) is 2.28. The molecule has 0 unspecified atom stereocenters. The van der Waals surface area contributed by atoms with E-state index in [-0.39, 0.29) is 11.9 Å². The molecule has 0 aliphatic heterocycles. The van der Waals surface area contributed by atoms with Gasteiger partial charge in [0.1, 0.15) is 5.82 Å². The normalized spacial score (nSPS) is 10.1. The van der Waals surface area contributed by atoms with Crippen LogP contribution in [0.4, 0.5) is 5.82 Å². The van der Waals surface area contributed by atoms with Crippen LogP contribution in [0.3, 0.4) is 0 Å². The Kier molecular flexibility index (Phi) is 7.43. The van der Waals surface area contributed by atoms with Crippen LogP contribution in [0.1, 0.15) is 17.5 Å². The Bertz CT molecular complexity index is 672. The van der Waals surface area contributed by atoms with Crippen molar-refractivity contribution in [1.82, 2.24) is 10.3 Å². The molecule has 0 saturated carbocycles. The first-order chi connectivity index (χ1) is 12.2. The predicted molar refractivity (Wildman–Crippen MR) is 96.2 cm³/mol. The number of amides is 1. The summed E-state index contributed by atoms with van der Waals surface area (Å²) in [7, 11) is 1.38. The van der Waals surface area contributed by atoms with E-state index in [0.717, 1.165) is 16.9 Å². The van der Waals surface area contributed by atoms with Crippen molar-refractivity contribution in [3.8, 4) is 0 Å². The summed E-state index contributed by atoms with van der Waals surface area (Å²) in [4.78, 5) is 27.2. The largest absolute Gasteiger partial charge is 0.469 e. The highest BCUT2D eigenvalue weighted by Crippen LogP contribution is 2.08. The average Bonchev–Trinajstić information content (AvgIpc) is 2.65. The van der Waals surface area contributed by atoms with E-state index in [2.05, 4.69) is 20.4 Å². The van der Waals surface area contributed by atoms with Gasteiger partial charge in [-0.2, -0.15) is 0 Å². The van der Waals surface area contributed by atoms with Crippen LogP contribution in [0, 0.1) is 0 Å². The van der Waals surface area contributed by atoms with E-state index in [9.17, 15) is 9.59 Å². The summed E-state index contributed by atoms with van der Waals surface area (Å²) in [6.07, 6.45) is 3.05. The molecule has 0 aliphatic carbocycles. The smallest absolute Gasteiger partial charge is 0.305 e. The number of rotatable bonds is 9. The first-order valence-electron chi connectivity index (χ1n) is 8.23. The van der Waals surface area contributed by atoms with Crippen molar-refractivity contribution in [2.75, 3.05) is 25.5 Å². The summed E-state index contributed by atoms with van der Waals surface area (Å²) in [5, 5.41) is 6.01. The van der Waals surface area contributed by atoms with Crippen LogP contribution < -0.4 is 10.6 Å². The Morgan fingerprint density at radius 1 is 1.04 bits per heavy atom. The third-order valence-corrected chi connectivity index (χ3v) is 3.65. The van der Waals surface area contributed by atoms with Gasteiger partial charge in [0, 0.05) is 25.7 Å². The number of esters is 1. The molecule has 2 N–H and O–H groups in total. The number of benzene rings is 1. The Morgan fingerprint density at radius 2 is 1.80 bits per heavy atom. The highest BCUT2D eigenvalue weighted by molar-refractivity contribution is 5.78. The lowest BCUT2D eigenvalue weighted by atomic mass is 10.1. The zero-order valence-electron chi connectivity index (χ0n) is 14.3. The van der Waals surface area contributed by atoms with E-state index in [0.29, 0.717) is 32.4 Å². The first kappa shape index (κ1) is 18.4. The molecule has 0 bridgehead atoms. The SMILES string of the molecule is COC(=O)CCc1ccc(CC(=O)NCCNc2ccccn2)cc1. The fraction of sp³-hybridized carbons (Fsp3) is 0.316. The topological polar surface area (TPSA) is 80.3 Å². The number of anilines is 1. The van der Waals surface area contributed by atoms with E-state index in [4.69, 9.17) is 0 Å². The number of methoxy groups -OCH3 is 1. The van der Waals surface area contributed by atoms with Crippen LogP contribution in [0.25, 0.3) is 0 Å². The van der Waals surface area contributed by atoms with Gasteiger partial charge in [0.15, 0.2) is 0 Å². The average molecular weight is 341 g/mol. The van der Waals surface area contributed by atoms with Gasteiger partial charge >= 0.3 is 5.97 Å². The summed E-state index contributed by atoms with van der Waals surface area (Å²) in [5.74, 6) is 0.548. The first-order valence-corrected chi connectivity index (χ1v) is 8.23. The van der Waals surface area contributed by atoms with Crippen LogP contribution >= 0.6 is 0 Å². The van der Waals surface area contributed by atoms with Gasteiger partial charge in [-0.15, -0.1) is 0 Å². The summed E-state index contributed by atoms with van der Waals surface area (Å²) in [5.41, 5.74) is 1.99. The van der Waals surface area contributed by atoms with Crippen molar-refractivity contribution in [3.63, 3.8) is 0 Å². The molecule has 1 aromatic heterocycles. The summed E-state index contributed by atoms with van der Waals surface area (Å²) < 4.78 is 4.62. The molecule has 0 spiro atoms. The molecule has 132 valence electrons. The number of hydrogen-bond acceptors (Lipinski definition) is 5. The number of carbonyl (C=O) groups excluding carboxylic acids is 2. The summed E-state index contributed by atoms with van der Waals surface area (Å²) in [6, 6.07) is 13.3. The van der Waals surface area contributed by atoms with Crippen LogP contribution in [-0.2, 0) is 27.2 Å². The van der Waals surface area contributed by atoms with Gasteiger partial charge in [0.2, 0.25) is 5.91 Å². The third-order valence-electron chi connectivity index (χ3n) is 3.65. The molecule has 0 aliphatic rings. The summed E-state index contributed by atoms with van der Waals surface area (Å²) >= 11 is 0. The van der Waals surface area contributed by atoms with Gasteiger partial charge in [-0.3, -0.25) is 9.59 Å². The molecule has 1 amide bonds. The van der Waals surface area contributed by atoms with E-state index in [1.165, 1.54) is 7.11 Å². The number of pyridine rings is 1. The number of nitrogens with one attached hydrogen (secondary N) is 2. The van der Waals surface area contributed by atoms with Crippen LogP contribution in [0.2, 0.25) is 0 Å². The van der Waals surface area contributed by atoms with Gasteiger partial charge in [-0.1, -0.05) is 30.3 Å². The van der Waals surface area contributed by atoms with E-state index < -0.39 is 0 Å². The van der Waals surface area contributed by atoms with E-state index in [1.807, 2.05) is 42.5 Å². The second-order valence-electron chi connectivity index (χ2n) is 5.56. The Hall–Kier alpha value is -2.89. The lowest BCUT2D eigenvalue weighted by Crippen LogP contribution is -2.30. The maximum Gasteiger partial charge on any atom is 0.305 e. The van der Waals surface area contributed by atoms with Crippen molar-refractivity contribution in [2.24, 2.45) is 0 Å². The zero-order valence-corrected chi connectivity index (χ0v) is 14.3. The molecule has 0 radical (unpaired) electrons. The molecular formula is C19H23N3O3. The molecule has 6 heteroatoms. The van der Waals surface area contributed by atoms with Crippen LogP contribution in [0.15, 0.2) is 48.7 Å². The highest BCUT2D eigenvalue weighted by atomic mass is 16.5. The Morgan fingerprint density at radius 3 is 2.48 bits per heavy atom. The standard InChI is InChI=1S/C19H23N3O3/c1-25-19(24)10-9-15-5-7-16(8-6-15)14-18(23)22-13-12-21-17-4-2-3-11-20-17/h2-8,11H,9-10,12-14H2,1H3,(H,20,21)(H,22,23).